The number of amides is 2. The SMILES string of the molecule is [2H]C(c1ccccc1)(c1ccccc1)c1ccccc1CN1C(=O)c2ccccc2C1=O. The second kappa shape index (κ2) is 8.04. The summed E-state index contributed by atoms with van der Waals surface area (Å²) in [7, 11) is 0. The van der Waals surface area contributed by atoms with E-state index in [1.54, 1.807) is 24.3 Å². The largest absolute Gasteiger partial charge is 0.270 e. The van der Waals surface area contributed by atoms with Crippen LogP contribution in [0.15, 0.2) is 109 Å². The molecule has 0 radical (unpaired) electrons. The third-order valence-electron chi connectivity index (χ3n) is 5.62. The fourth-order valence-corrected chi connectivity index (χ4v) is 4.14. The maximum absolute atomic E-state index is 13.0. The van der Waals surface area contributed by atoms with Gasteiger partial charge < -0.3 is 0 Å². The summed E-state index contributed by atoms with van der Waals surface area (Å²) in [6.45, 7) is 0.114. The summed E-state index contributed by atoms with van der Waals surface area (Å²) in [5, 5.41) is 0. The van der Waals surface area contributed by atoms with Gasteiger partial charge in [0.1, 0.15) is 0 Å². The topological polar surface area (TPSA) is 37.4 Å². The van der Waals surface area contributed by atoms with Crippen molar-refractivity contribution in [3.63, 3.8) is 0 Å². The molecule has 1 heterocycles. The average Bonchev–Trinajstić information content (AvgIpc) is 3.10. The summed E-state index contributed by atoms with van der Waals surface area (Å²) in [6.07, 6.45) is 0. The number of hydrogen-bond acceptors (Lipinski definition) is 2. The fraction of sp³-hybridized carbons (Fsp3) is 0.0714. The van der Waals surface area contributed by atoms with Crippen molar-refractivity contribution in [3.8, 4) is 0 Å². The Morgan fingerprint density at radius 3 is 1.61 bits per heavy atom. The molecule has 5 rings (SSSR count). The van der Waals surface area contributed by atoms with E-state index in [0.29, 0.717) is 11.1 Å². The van der Waals surface area contributed by atoms with E-state index in [4.69, 9.17) is 0 Å². The molecule has 0 aromatic heterocycles. The van der Waals surface area contributed by atoms with E-state index in [1.807, 2.05) is 84.9 Å². The Balaban J connectivity index is 1.63. The standard InChI is InChI=1S/C28H21NO2/c30-27-24-17-9-10-18-25(24)28(31)29(27)19-22-15-7-8-16-23(22)26(20-11-3-1-4-12-20)21-13-5-2-6-14-21/h1-18,26H,19H2/i26D. The van der Waals surface area contributed by atoms with Crippen molar-refractivity contribution >= 4 is 11.8 Å². The Hall–Kier alpha value is -3.98. The van der Waals surface area contributed by atoms with Crippen LogP contribution in [0.4, 0.5) is 0 Å². The van der Waals surface area contributed by atoms with Gasteiger partial charge in [0.25, 0.3) is 11.8 Å². The summed E-state index contributed by atoms with van der Waals surface area (Å²) >= 11 is 0. The first-order valence-corrected chi connectivity index (χ1v) is 10.3. The van der Waals surface area contributed by atoms with Crippen molar-refractivity contribution in [1.82, 2.24) is 4.90 Å². The van der Waals surface area contributed by atoms with Crippen LogP contribution in [0.3, 0.4) is 0 Å². The van der Waals surface area contributed by atoms with Crippen molar-refractivity contribution in [2.75, 3.05) is 0 Å². The monoisotopic (exact) mass is 404 g/mol. The van der Waals surface area contributed by atoms with Gasteiger partial charge >= 0.3 is 0 Å². The first-order chi connectivity index (χ1) is 15.6. The molecule has 0 N–H and O–H groups in total. The lowest BCUT2D eigenvalue weighted by molar-refractivity contribution is 0.0642. The molecule has 0 fully saturated rings. The van der Waals surface area contributed by atoms with Gasteiger partial charge in [-0.3, -0.25) is 14.5 Å². The smallest absolute Gasteiger partial charge is 0.261 e. The maximum atomic E-state index is 13.0. The summed E-state index contributed by atoms with van der Waals surface area (Å²) < 4.78 is 9.70. The zero-order valence-electron chi connectivity index (χ0n) is 17.9. The van der Waals surface area contributed by atoms with Crippen LogP contribution in [0, 0.1) is 0 Å². The molecule has 0 atom stereocenters. The molecule has 1 aliphatic heterocycles. The molecule has 0 saturated heterocycles. The van der Waals surface area contributed by atoms with Crippen LogP contribution in [0.1, 0.15) is 50.2 Å². The van der Waals surface area contributed by atoms with Crippen LogP contribution >= 0.6 is 0 Å². The van der Waals surface area contributed by atoms with Crippen LogP contribution in [0.2, 0.25) is 0 Å². The van der Waals surface area contributed by atoms with E-state index < -0.39 is 5.89 Å². The van der Waals surface area contributed by atoms with E-state index in [1.165, 1.54) is 4.90 Å². The summed E-state index contributed by atoms with van der Waals surface area (Å²) in [5.41, 5.74) is 4.01. The summed E-state index contributed by atoms with van der Waals surface area (Å²) in [4.78, 5) is 27.2. The van der Waals surface area contributed by atoms with E-state index in [2.05, 4.69) is 0 Å². The second-order valence-corrected chi connectivity index (χ2v) is 7.51. The van der Waals surface area contributed by atoms with Crippen molar-refractivity contribution in [2.45, 2.75) is 12.4 Å². The second-order valence-electron chi connectivity index (χ2n) is 7.51. The summed E-state index contributed by atoms with van der Waals surface area (Å²) in [6, 6.07) is 33.8. The highest BCUT2D eigenvalue weighted by Gasteiger charge is 2.35. The predicted molar refractivity (Wildman–Crippen MR) is 121 cm³/mol. The van der Waals surface area contributed by atoms with Crippen molar-refractivity contribution in [2.24, 2.45) is 0 Å². The molecule has 0 unspecified atom stereocenters. The molecule has 1 aliphatic rings. The normalized spacial score (nSPS) is 13.8. The highest BCUT2D eigenvalue weighted by molar-refractivity contribution is 6.21. The quantitative estimate of drug-likeness (QED) is 0.318. The van der Waals surface area contributed by atoms with Crippen LogP contribution in [0.25, 0.3) is 0 Å². The molecule has 150 valence electrons. The zero-order chi connectivity index (χ0) is 22.1. The summed E-state index contributed by atoms with van der Waals surface area (Å²) in [5.74, 6) is -1.79. The Morgan fingerprint density at radius 2 is 1.06 bits per heavy atom. The zero-order valence-corrected chi connectivity index (χ0v) is 16.9. The van der Waals surface area contributed by atoms with Crippen LogP contribution in [0.5, 0.6) is 0 Å². The molecule has 0 bridgehead atoms. The van der Waals surface area contributed by atoms with Gasteiger partial charge in [-0.1, -0.05) is 97.1 Å². The van der Waals surface area contributed by atoms with Gasteiger partial charge in [-0.2, -0.15) is 0 Å². The highest BCUT2D eigenvalue weighted by atomic mass is 16.2. The first-order valence-electron chi connectivity index (χ1n) is 10.8. The number of carbonyl (C=O) groups excluding carboxylic acids is 2. The minimum absolute atomic E-state index is 0.114. The van der Waals surface area contributed by atoms with Crippen molar-refractivity contribution in [1.29, 1.82) is 0 Å². The van der Waals surface area contributed by atoms with Crippen LogP contribution in [-0.2, 0) is 6.54 Å². The third kappa shape index (κ3) is 3.44. The molecule has 0 aliphatic carbocycles. The van der Waals surface area contributed by atoms with Crippen molar-refractivity contribution < 1.29 is 11.0 Å². The molecule has 31 heavy (non-hydrogen) atoms. The molecule has 0 spiro atoms. The fourth-order valence-electron chi connectivity index (χ4n) is 4.14. The number of nitrogens with zero attached hydrogens (tertiary/aromatic N) is 1. The predicted octanol–water partition coefficient (Wildman–Crippen LogP) is 5.66. The first kappa shape index (κ1) is 17.8. The third-order valence-corrected chi connectivity index (χ3v) is 5.62. The lowest BCUT2D eigenvalue weighted by Gasteiger charge is -2.24. The van der Waals surface area contributed by atoms with Gasteiger partial charge in [0.15, 0.2) is 0 Å². The Labute approximate surface area is 183 Å². The highest BCUT2D eigenvalue weighted by Crippen LogP contribution is 2.35. The number of hydrogen-bond donors (Lipinski definition) is 0. The number of benzene rings is 4. The molecule has 3 heteroatoms. The molecular weight excluding hydrogens is 382 g/mol. The van der Waals surface area contributed by atoms with Crippen LogP contribution in [-0.4, -0.2) is 16.7 Å². The molecule has 3 nitrogen and oxygen atoms in total. The van der Waals surface area contributed by atoms with Crippen molar-refractivity contribution in [3.05, 3.63) is 143 Å². The molecule has 0 saturated carbocycles. The Kier molecular flexibility index (Phi) is 4.63. The molecular formula is C28H21NO2. The van der Waals surface area contributed by atoms with Gasteiger partial charge in [0.05, 0.1) is 17.7 Å². The molecule has 4 aromatic rings. The van der Waals surface area contributed by atoms with E-state index in [-0.39, 0.29) is 18.4 Å². The minimum Gasteiger partial charge on any atom is -0.270 e. The van der Waals surface area contributed by atoms with Gasteiger partial charge in [0, 0.05) is 7.26 Å². The number of imide groups is 1. The van der Waals surface area contributed by atoms with Gasteiger partial charge in [-0.15, -0.1) is 0 Å². The minimum atomic E-state index is -1.20. The molecule has 4 aromatic carbocycles. The van der Waals surface area contributed by atoms with Crippen LogP contribution < -0.4 is 0 Å². The van der Waals surface area contributed by atoms with E-state index in [0.717, 1.165) is 22.3 Å². The van der Waals surface area contributed by atoms with Gasteiger partial charge in [0.2, 0.25) is 0 Å². The average molecular weight is 404 g/mol. The lowest BCUT2D eigenvalue weighted by Crippen LogP contribution is -2.29. The van der Waals surface area contributed by atoms with E-state index in [9.17, 15) is 11.0 Å². The van der Waals surface area contributed by atoms with E-state index >= 15 is 0 Å². The number of carbonyl (C=O) groups is 2. The Bertz CT molecular complexity index is 1230. The Morgan fingerprint density at radius 1 is 0.613 bits per heavy atom. The lowest BCUT2D eigenvalue weighted by atomic mass is 9.83. The maximum Gasteiger partial charge on any atom is 0.261 e. The van der Waals surface area contributed by atoms with Gasteiger partial charge in [-0.25, -0.2) is 0 Å². The number of rotatable bonds is 5. The molecule has 2 amide bonds. The van der Waals surface area contributed by atoms with Gasteiger partial charge in [-0.05, 0) is 34.4 Å². The number of fused-ring (bicyclic) bond motifs is 1.